The molecule has 0 aliphatic heterocycles. The van der Waals surface area contributed by atoms with Crippen LogP contribution < -0.4 is 5.32 Å². The standard InChI is InChI=1S/C17H27N/c1-6-9-17(8-3)18-14(5)16-11-10-13(4)15(7-2)12-16/h10-12,17-18H,5-9H2,1-4H3. The molecule has 0 aromatic heterocycles. The van der Waals surface area contributed by atoms with Crippen LogP contribution in [0.25, 0.3) is 5.70 Å². The van der Waals surface area contributed by atoms with Crippen molar-refractivity contribution in [2.24, 2.45) is 0 Å². The minimum Gasteiger partial charge on any atom is -0.382 e. The highest BCUT2D eigenvalue weighted by atomic mass is 14.9. The van der Waals surface area contributed by atoms with Gasteiger partial charge in [0.1, 0.15) is 0 Å². The van der Waals surface area contributed by atoms with E-state index in [0.717, 1.165) is 18.5 Å². The SMILES string of the molecule is C=C(NC(CC)CCC)c1ccc(C)c(CC)c1. The monoisotopic (exact) mass is 245 g/mol. The highest BCUT2D eigenvalue weighted by Crippen LogP contribution is 2.18. The van der Waals surface area contributed by atoms with Crippen molar-refractivity contribution in [2.45, 2.75) is 59.4 Å². The third-order valence-corrected chi connectivity index (χ3v) is 3.59. The lowest BCUT2D eigenvalue weighted by atomic mass is 10.0. The Labute approximate surface area is 112 Å². The minimum absolute atomic E-state index is 0.550. The second kappa shape index (κ2) is 7.25. The summed E-state index contributed by atoms with van der Waals surface area (Å²) in [5.41, 5.74) is 5.07. The van der Waals surface area contributed by atoms with Gasteiger partial charge < -0.3 is 5.32 Å². The van der Waals surface area contributed by atoms with E-state index in [2.05, 4.69) is 57.8 Å². The first-order valence-electron chi connectivity index (χ1n) is 7.17. The van der Waals surface area contributed by atoms with Crippen molar-refractivity contribution in [2.75, 3.05) is 0 Å². The fourth-order valence-electron chi connectivity index (χ4n) is 2.30. The largest absolute Gasteiger partial charge is 0.382 e. The molecule has 0 saturated carbocycles. The summed E-state index contributed by atoms with van der Waals surface area (Å²) in [6.45, 7) is 13.0. The van der Waals surface area contributed by atoms with E-state index >= 15 is 0 Å². The summed E-state index contributed by atoms with van der Waals surface area (Å²) in [4.78, 5) is 0. The van der Waals surface area contributed by atoms with Crippen LogP contribution in [0.5, 0.6) is 0 Å². The molecular weight excluding hydrogens is 218 g/mol. The summed E-state index contributed by atoms with van der Waals surface area (Å²) < 4.78 is 0. The number of hydrogen-bond acceptors (Lipinski definition) is 1. The van der Waals surface area contributed by atoms with Crippen molar-refractivity contribution in [1.82, 2.24) is 5.32 Å². The van der Waals surface area contributed by atoms with Crippen molar-refractivity contribution in [3.05, 3.63) is 41.5 Å². The number of aryl methyl sites for hydroxylation is 2. The summed E-state index contributed by atoms with van der Waals surface area (Å²) in [5, 5.41) is 3.56. The first-order chi connectivity index (χ1) is 8.62. The third kappa shape index (κ3) is 3.90. The fourth-order valence-corrected chi connectivity index (χ4v) is 2.30. The Bertz CT molecular complexity index is 393. The summed E-state index contributed by atoms with van der Waals surface area (Å²) >= 11 is 0. The summed E-state index contributed by atoms with van der Waals surface area (Å²) in [6, 6.07) is 7.18. The topological polar surface area (TPSA) is 12.0 Å². The zero-order valence-electron chi connectivity index (χ0n) is 12.3. The molecule has 1 rings (SSSR count). The summed E-state index contributed by atoms with van der Waals surface area (Å²) in [6.07, 6.45) is 4.66. The lowest BCUT2D eigenvalue weighted by Crippen LogP contribution is -2.26. The van der Waals surface area contributed by atoms with Crippen molar-refractivity contribution < 1.29 is 0 Å². The average molecular weight is 245 g/mol. The molecule has 0 aliphatic carbocycles. The summed E-state index contributed by atoms with van der Waals surface area (Å²) in [7, 11) is 0. The maximum atomic E-state index is 4.19. The molecule has 0 radical (unpaired) electrons. The molecular formula is C17H27N. The smallest absolute Gasteiger partial charge is 0.0343 e. The van der Waals surface area contributed by atoms with E-state index in [1.165, 1.54) is 29.5 Å². The average Bonchev–Trinajstić information content (AvgIpc) is 2.38. The van der Waals surface area contributed by atoms with E-state index in [-0.39, 0.29) is 0 Å². The lowest BCUT2D eigenvalue weighted by molar-refractivity contribution is 0.529. The van der Waals surface area contributed by atoms with Gasteiger partial charge in [-0.2, -0.15) is 0 Å². The van der Waals surface area contributed by atoms with Crippen LogP contribution in [0.4, 0.5) is 0 Å². The molecule has 0 fully saturated rings. The molecule has 1 unspecified atom stereocenters. The molecule has 0 spiro atoms. The van der Waals surface area contributed by atoms with Crippen molar-refractivity contribution in [3.8, 4) is 0 Å². The van der Waals surface area contributed by atoms with Crippen LogP contribution in [-0.2, 0) is 6.42 Å². The zero-order valence-corrected chi connectivity index (χ0v) is 12.3. The molecule has 0 heterocycles. The van der Waals surface area contributed by atoms with Gasteiger partial charge in [-0.25, -0.2) is 0 Å². The van der Waals surface area contributed by atoms with E-state index in [4.69, 9.17) is 0 Å². The molecule has 1 aromatic rings. The minimum atomic E-state index is 0.550. The molecule has 1 aromatic carbocycles. The molecule has 1 atom stereocenters. The number of nitrogens with one attached hydrogen (secondary N) is 1. The molecule has 0 aliphatic rings. The number of hydrogen-bond donors (Lipinski definition) is 1. The van der Waals surface area contributed by atoms with E-state index in [9.17, 15) is 0 Å². The van der Waals surface area contributed by atoms with E-state index in [1.807, 2.05) is 0 Å². The second-order valence-electron chi connectivity index (χ2n) is 5.01. The number of benzene rings is 1. The Balaban J connectivity index is 2.77. The Kier molecular flexibility index (Phi) is 5.97. The quantitative estimate of drug-likeness (QED) is 0.734. The highest BCUT2D eigenvalue weighted by Gasteiger charge is 2.07. The first kappa shape index (κ1) is 14.8. The molecule has 0 bridgehead atoms. The Morgan fingerprint density at radius 1 is 1.28 bits per heavy atom. The summed E-state index contributed by atoms with van der Waals surface area (Å²) in [5.74, 6) is 0. The molecule has 0 amide bonds. The van der Waals surface area contributed by atoms with Crippen LogP contribution in [0.3, 0.4) is 0 Å². The van der Waals surface area contributed by atoms with Gasteiger partial charge in [0.2, 0.25) is 0 Å². The van der Waals surface area contributed by atoms with Crippen LogP contribution in [0.2, 0.25) is 0 Å². The van der Waals surface area contributed by atoms with Crippen LogP contribution in [-0.4, -0.2) is 6.04 Å². The van der Waals surface area contributed by atoms with Crippen molar-refractivity contribution >= 4 is 5.70 Å². The number of rotatable bonds is 7. The molecule has 1 heteroatoms. The van der Waals surface area contributed by atoms with Crippen LogP contribution in [0.15, 0.2) is 24.8 Å². The Hall–Kier alpha value is -1.24. The van der Waals surface area contributed by atoms with Crippen LogP contribution >= 0.6 is 0 Å². The molecule has 18 heavy (non-hydrogen) atoms. The zero-order chi connectivity index (χ0) is 13.5. The van der Waals surface area contributed by atoms with Gasteiger partial charge in [-0.1, -0.05) is 45.9 Å². The maximum Gasteiger partial charge on any atom is 0.0343 e. The van der Waals surface area contributed by atoms with Gasteiger partial charge in [-0.05, 0) is 48.9 Å². The Morgan fingerprint density at radius 3 is 2.56 bits per heavy atom. The first-order valence-corrected chi connectivity index (χ1v) is 7.17. The molecule has 1 N–H and O–H groups in total. The second-order valence-corrected chi connectivity index (χ2v) is 5.01. The Morgan fingerprint density at radius 2 is 2.00 bits per heavy atom. The van der Waals surface area contributed by atoms with Crippen molar-refractivity contribution in [1.29, 1.82) is 0 Å². The van der Waals surface area contributed by atoms with E-state index in [0.29, 0.717) is 6.04 Å². The van der Waals surface area contributed by atoms with Gasteiger partial charge in [0.15, 0.2) is 0 Å². The van der Waals surface area contributed by atoms with Gasteiger partial charge in [0.05, 0.1) is 0 Å². The third-order valence-electron chi connectivity index (χ3n) is 3.59. The van der Waals surface area contributed by atoms with Crippen LogP contribution in [0, 0.1) is 6.92 Å². The van der Waals surface area contributed by atoms with Crippen molar-refractivity contribution in [3.63, 3.8) is 0 Å². The van der Waals surface area contributed by atoms with Gasteiger partial charge in [0, 0.05) is 11.7 Å². The predicted octanol–water partition coefficient (Wildman–Crippen LogP) is 4.70. The normalized spacial score (nSPS) is 12.2. The van der Waals surface area contributed by atoms with E-state index < -0.39 is 0 Å². The predicted molar refractivity (Wildman–Crippen MR) is 81.7 cm³/mol. The lowest BCUT2D eigenvalue weighted by Gasteiger charge is -2.20. The molecule has 0 saturated heterocycles. The maximum absolute atomic E-state index is 4.19. The van der Waals surface area contributed by atoms with E-state index in [1.54, 1.807) is 0 Å². The fraction of sp³-hybridized carbons (Fsp3) is 0.529. The van der Waals surface area contributed by atoms with Gasteiger partial charge in [0.25, 0.3) is 0 Å². The van der Waals surface area contributed by atoms with Crippen LogP contribution in [0.1, 0.15) is 56.7 Å². The molecule has 100 valence electrons. The van der Waals surface area contributed by atoms with Gasteiger partial charge >= 0.3 is 0 Å². The highest BCUT2D eigenvalue weighted by molar-refractivity contribution is 5.63. The molecule has 1 nitrogen and oxygen atoms in total. The van der Waals surface area contributed by atoms with Gasteiger partial charge in [-0.15, -0.1) is 0 Å². The van der Waals surface area contributed by atoms with Gasteiger partial charge in [-0.3, -0.25) is 0 Å².